The Kier molecular flexibility index (Phi) is 6.94. The summed E-state index contributed by atoms with van der Waals surface area (Å²) in [5.74, 6) is -0.551. The minimum absolute atomic E-state index is 0.354. The minimum Gasteiger partial charge on any atom is -0.331 e. The van der Waals surface area contributed by atoms with Crippen molar-refractivity contribution < 1.29 is 22.4 Å². The first-order valence-electron chi connectivity index (χ1n) is 9.41. The van der Waals surface area contributed by atoms with Crippen LogP contribution in [0.2, 0.25) is 9.36 Å². The molecule has 0 atom stereocenters. The summed E-state index contributed by atoms with van der Waals surface area (Å²) in [7, 11) is 0. The molecular weight excluding hydrogens is 523 g/mol. The van der Waals surface area contributed by atoms with E-state index in [1.807, 2.05) is 0 Å². The van der Waals surface area contributed by atoms with Gasteiger partial charge in [0, 0.05) is 5.57 Å². The second kappa shape index (κ2) is 9.57. The number of aryl methyl sites for hydroxylation is 1. The van der Waals surface area contributed by atoms with Crippen LogP contribution in [-0.4, -0.2) is 22.4 Å². The quantitative estimate of drug-likeness (QED) is 0.275. The van der Waals surface area contributed by atoms with E-state index in [0.717, 1.165) is 29.6 Å². The number of nitrogens with zero attached hydrogens (tertiary/aromatic N) is 2. The van der Waals surface area contributed by atoms with E-state index in [-0.39, 0.29) is 6.54 Å². The highest BCUT2D eigenvalue weighted by Crippen LogP contribution is 2.38. The number of carbonyl (C=O) groups is 1. The first-order chi connectivity index (χ1) is 15.6. The number of allylic oxidation sites excluding steroid dienone is 1. The third-order valence-corrected chi connectivity index (χ3v) is 7.58. The number of fused-ring (bicyclic) bond motifs is 1. The third-order valence-electron chi connectivity index (χ3n) is 4.81. The molecule has 2 N–H and O–H groups in total. The van der Waals surface area contributed by atoms with Gasteiger partial charge >= 0.3 is 12.2 Å². The van der Waals surface area contributed by atoms with E-state index in [1.54, 1.807) is 12.3 Å². The van der Waals surface area contributed by atoms with Crippen molar-refractivity contribution in [3.05, 3.63) is 68.5 Å². The predicted molar refractivity (Wildman–Crippen MR) is 122 cm³/mol. The van der Waals surface area contributed by atoms with Crippen molar-refractivity contribution in [1.82, 2.24) is 19.8 Å². The number of amides is 2. The zero-order chi connectivity index (χ0) is 23.8. The molecule has 13 heteroatoms. The van der Waals surface area contributed by atoms with Crippen LogP contribution in [0.15, 0.2) is 46.6 Å². The van der Waals surface area contributed by atoms with Gasteiger partial charge in [0.25, 0.3) is 0 Å². The summed E-state index contributed by atoms with van der Waals surface area (Å²) in [4.78, 5) is 12.0. The first-order valence-corrected chi connectivity index (χ1v) is 11.8. The van der Waals surface area contributed by atoms with Gasteiger partial charge in [-0.15, -0.1) is 11.3 Å². The van der Waals surface area contributed by atoms with Crippen molar-refractivity contribution in [2.24, 2.45) is 0 Å². The van der Waals surface area contributed by atoms with Crippen molar-refractivity contribution >= 4 is 58.1 Å². The monoisotopic (exact) mass is 536 g/mol. The number of alkyl halides is 3. The zero-order valence-electron chi connectivity index (χ0n) is 16.5. The van der Waals surface area contributed by atoms with Crippen LogP contribution in [0.25, 0.3) is 11.3 Å². The molecule has 0 aliphatic heterocycles. The molecule has 0 fully saturated rings. The number of urea groups is 1. The molecule has 1 aliphatic rings. The molecule has 0 saturated heterocycles. The van der Waals surface area contributed by atoms with Crippen molar-refractivity contribution in [1.29, 1.82) is 0 Å². The standard InChI is InChI=1S/C20H14Cl2F4N4OS2/c21-14-7-16(32-18(14)22)33-29-19(31)27-9-15(23)13-6-1-10-8-28-30(17(10)13)12-4-2-11(3-5-12)20(24,25)26/h2-5,7-8H,1,6,9H2,(H2,27,29,31)/b15-13+. The molecule has 0 saturated carbocycles. The highest BCUT2D eigenvalue weighted by Gasteiger charge is 2.31. The number of rotatable bonds is 5. The molecule has 5 nitrogen and oxygen atoms in total. The van der Waals surface area contributed by atoms with Gasteiger partial charge in [-0.1, -0.05) is 23.2 Å². The van der Waals surface area contributed by atoms with Gasteiger partial charge in [0.2, 0.25) is 0 Å². The summed E-state index contributed by atoms with van der Waals surface area (Å²) in [6.45, 7) is -0.356. The Morgan fingerprint density at radius 2 is 1.94 bits per heavy atom. The van der Waals surface area contributed by atoms with E-state index in [2.05, 4.69) is 15.1 Å². The van der Waals surface area contributed by atoms with E-state index in [9.17, 15) is 22.4 Å². The number of hydrogen-bond donors (Lipinski definition) is 2. The average Bonchev–Trinajstić information content (AvgIpc) is 3.45. The van der Waals surface area contributed by atoms with E-state index in [4.69, 9.17) is 23.2 Å². The fraction of sp³-hybridized carbons (Fsp3) is 0.200. The molecule has 1 aromatic carbocycles. The SMILES string of the molecule is O=C(NC/C(F)=C1/CCc2cnn(-c3ccc(C(F)(F)F)cc3)c21)NSc1cc(Cl)c(Cl)s1. The Labute approximate surface area is 203 Å². The summed E-state index contributed by atoms with van der Waals surface area (Å²) in [5.41, 5.74) is 1.23. The highest BCUT2D eigenvalue weighted by molar-refractivity contribution is 7.99. The molecule has 33 heavy (non-hydrogen) atoms. The van der Waals surface area contributed by atoms with Gasteiger partial charge < -0.3 is 5.32 Å². The predicted octanol–water partition coefficient (Wildman–Crippen LogP) is 6.89. The fourth-order valence-electron chi connectivity index (χ4n) is 3.29. The Bertz CT molecular complexity index is 1200. The maximum absolute atomic E-state index is 15.0. The largest absolute Gasteiger partial charge is 0.416 e. The summed E-state index contributed by atoms with van der Waals surface area (Å²) in [5, 5.41) is 7.03. The van der Waals surface area contributed by atoms with E-state index < -0.39 is 23.6 Å². The maximum atomic E-state index is 15.0. The molecule has 0 bridgehead atoms. The van der Waals surface area contributed by atoms with Gasteiger partial charge in [-0.3, -0.25) is 4.72 Å². The summed E-state index contributed by atoms with van der Waals surface area (Å²) < 4.78 is 58.5. The van der Waals surface area contributed by atoms with Gasteiger partial charge in [-0.25, -0.2) is 13.9 Å². The number of carbonyl (C=O) groups excluding carboxylic acids is 1. The topological polar surface area (TPSA) is 59.0 Å². The number of benzene rings is 1. The van der Waals surface area contributed by atoms with Gasteiger partial charge in [0.1, 0.15) is 10.2 Å². The summed E-state index contributed by atoms with van der Waals surface area (Å²) in [6.07, 6.45) is -1.94. The fourth-order valence-corrected chi connectivity index (χ4v) is 5.58. The van der Waals surface area contributed by atoms with Crippen LogP contribution in [0.4, 0.5) is 22.4 Å². The van der Waals surface area contributed by atoms with Gasteiger partial charge in [0.15, 0.2) is 0 Å². The van der Waals surface area contributed by atoms with Gasteiger partial charge in [-0.05, 0) is 60.7 Å². The number of halogens is 6. The Morgan fingerprint density at radius 3 is 2.58 bits per heavy atom. The van der Waals surface area contributed by atoms with Crippen molar-refractivity contribution in [3.8, 4) is 5.69 Å². The number of thiophene rings is 1. The lowest BCUT2D eigenvalue weighted by molar-refractivity contribution is -0.137. The van der Waals surface area contributed by atoms with Crippen LogP contribution < -0.4 is 10.0 Å². The molecule has 3 aromatic rings. The maximum Gasteiger partial charge on any atom is 0.416 e. The number of hydrogen-bond acceptors (Lipinski definition) is 4. The minimum atomic E-state index is -4.45. The zero-order valence-corrected chi connectivity index (χ0v) is 19.6. The highest BCUT2D eigenvalue weighted by atomic mass is 35.5. The summed E-state index contributed by atoms with van der Waals surface area (Å²) >= 11 is 13.9. The average molecular weight is 537 g/mol. The normalized spacial score (nSPS) is 14.8. The molecule has 2 amide bonds. The smallest absolute Gasteiger partial charge is 0.331 e. The molecule has 174 valence electrons. The molecule has 0 spiro atoms. The van der Waals surface area contributed by atoms with Crippen LogP contribution >= 0.6 is 46.5 Å². The molecule has 0 radical (unpaired) electrons. The van der Waals surface area contributed by atoms with Crippen LogP contribution in [0.1, 0.15) is 23.2 Å². The van der Waals surface area contributed by atoms with E-state index >= 15 is 0 Å². The van der Waals surface area contributed by atoms with Gasteiger partial charge in [-0.2, -0.15) is 18.3 Å². The lowest BCUT2D eigenvalue weighted by Crippen LogP contribution is -2.32. The molecule has 2 heterocycles. The molecule has 1 aliphatic carbocycles. The second-order valence-electron chi connectivity index (χ2n) is 6.93. The first kappa shape index (κ1) is 23.9. The second-order valence-corrected chi connectivity index (χ2v) is 10.1. The molecule has 0 unspecified atom stereocenters. The Morgan fingerprint density at radius 1 is 1.21 bits per heavy atom. The molecular formula is C20H14Cl2F4N4OS2. The van der Waals surface area contributed by atoms with Crippen LogP contribution in [0, 0.1) is 0 Å². The van der Waals surface area contributed by atoms with Crippen LogP contribution in [0.5, 0.6) is 0 Å². The Balaban J connectivity index is 1.45. The summed E-state index contributed by atoms with van der Waals surface area (Å²) in [6, 6.07) is 5.48. The van der Waals surface area contributed by atoms with Crippen molar-refractivity contribution in [2.75, 3.05) is 6.54 Å². The van der Waals surface area contributed by atoms with Crippen molar-refractivity contribution in [2.45, 2.75) is 23.2 Å². The van der Waals surface area contributed by atoms with Crippen molar-refractivity contribution in [3.63, 3.8) is 0 Å². The van der Waals surface area contributed by atoms with E-state index in [1.165, 1.54) is 28.2 Å². The Hall–Kier alpha value is -2.21. The van der Waals surface area contributed by atoms with Gasteiger partial charge in [0.05, 0.1) is 38.9 Å². The third kappa shape index (κ3) is 5.32. The number of aromatic nitrogens is 2. The number of nitrogens with one attached hydrogen (secondary N) is 2. The molecule has 2 aromatic heterocycles. The van der Waals surface area contributed by atoms with Crippen LogP contribution in [0.3, 0.4) is 0 Å². The van der Waals surface area contributed by atoms with Crippen LogP contribution in [-0.2, 0) is 12.6 Å². The lowest BCUT2D eigenvalue weighted by Gasteiger charge is -2.11. The lowest BCUT2D eigenvalue weighted by atomic mass is 10.1. The molecule has 4 rings (SSSR count). The van der Waals surface area contributed by atoms with E-state index in [0.29, 0.717) is 43.4 Å².